The molecule has 134 valence electrons. The fraction of sp³-hybridized carbons (Fsp3) is 0.526. The van der Waals surface area contributed by atoms with Gasteiger partial charge in [0.05, 0.1) is 0 Å². The van der Waals surface area contributed by atoms with E-state index in [9.17, 15) is 4.79 Å². The number of hydrogen-bond acceptors (Lipinski definition) is 5. The maximum atomic E-state index is 12.5. The second-order valence-electron chi connectivity index (χ2n) is 6.82. The molecule has 1 aliphatic heterocycles. The standard InChI is InChI=1S/C19H25N3O3/c1-13(2)19(24)22-11-4-3-5-16(22)18-20-17(21-25-18)15-8-6-14(7-9-15)10-12-23/h6-9,13,16,23H,3-5,10-12H2,1-2H3. The summed E-state index contributed by atoms with van der Waals surface area (Å²) in [5, 5.41) is 13.1. The molecular formula is C19H25N3O3. The lowest BCUT2D eigenvalue weighted by atomic mass is 10.00. The average molecular weight is 343 g/mol. The van der Waals surface area contributed by atoms with Crippen LogP contribution in [0.5, 0.6) is 0 Å². The summed E-state index contributed by atoms with van der Waals surface area (Å²) in [6.07, 6.45) is 3.56. The predicted octanol–water partition coefficient (Wildman–Crippen LogP) is 2.98. The normalized spacial score (nSPS) is 17.9. The minimum Gasteiger partial charge on any atom is -0.396 e. The van der Waals surface area contributed by atoms with Crippen LogP contribution >= 0.6 is 0 Å². The molecule has 3 rings (SSSR count). The van der Waals surface area contributed by atoms with E-state index in [2.05, 4.69) is 10.1 Å². The zero-order chi connectivity index (χ0) is 17.8. The molecule has 0 radical (unpaired) electrons. The number of carbonyl (C=O) groups is 1. The molecule has 0 aliphatic carbocycles. The van der Waals surface area contributed by atoms with Crippen LogP contribution in [0.1, 0.15) is 50.6 Å². The minimum atomic E-state index is -0.126. The van der Waals surface area contributed by atoms with E-state index in [4.69, 9.17) is 9.63 Å². The van der Waals surface area contributed by atoms with Crippen molar-refractivity contribution in [3.8, 4) is 11.4 Å². The summed E-state index contributed by atoms with van der Waals surface area (Å²) in [7, 11) is 0. The number of aliphatic hydroxyl groups excluding tert-OH is 1. The lowest BCUT2D eigenvalue weighted by Gasteiger charge is -2.34. The zero-order valence-electron chi connectivity index (χ0n) is 14.8. The van der Waals surface area contributed by atoms with Gasteiger partial charge in [-0.05, 0) is 31.2 Å². The Morgan fingerprint density at radius 3 is 2.76 bits per heavy atom. The number of piperidine rings is 1. The van der Waals surface area contributed by atoms with E-state index in [1.54, 1.807) is 0 Å². The number of hydrogen-bond donors (Lipinski definition) is 1. The molecule has 1 atom stereocenters. The van der Waals surface area contributed by atoms with Gasteiger partial charge in [0.15, 0.2) is 0 Å². The molecule has 0 spiro atoms. The molecule has 1 saturated heterocycles. The van der Waals surface area contributed by atoms with Gasteiger partial charge in [-0.2, -0.15) is 4.98 Å². The maximum absolute atomic E-state index is 12.5. The highest BCUT2D eigenvalue weighted by molar-refractivity contribution is 5.78. The lowest BCUT2D eigenvalue weighted by Crippen LogP contribution is -2.40. The van der Waals surface area contributed by atoms with Crippen molar-refractivity contribution in [2.75, 3.05) is 13.2 Å². The molecule has 2 heterocycles. The van der Waals surface area contributed by atoms with Gasteiger partial charge < -0.3 is 14.5 Å². The van der Waals surface area contributed by atoms with Crippen molar-refractivity contribution in [2.45, 2.75) is 45.6 Å². The molecule has 2 aromatic rings. The highest BCUT2D eigenvalue weighted by Crippen LogP contribution is 2.32. The van der Waals surface area contributed by atoms with E-state index >= 15 is 0 Å². The number of carbonyl (C=O) groups excluding carboxylic acids is 1. The molecule has 6 nitrogen and oxygen atoms in total. The van der Waals surface area contributed by atoms with Crippen LogP contribution in [-0.4, -0.2) is 39.2 Å². The SMILES string of the molecule is CC(C)C(=O)N1CCCCC1c1nc(-c2ccc(CCO)cc2)no1. The van der Waals surface area contributed by atoms with Crippen LogP contribution in [0.2, 0.25) is 0 Å². The van der Waals surface area contributed by atoms with E-state index in [-0.39, 0.29) is 24.5 Å². The third-order valence-corrected chi connectivity index (χ3v) is 4.62. The van der Waals surface area contributed by atoms with Crippen molar-refractivity contribution in [1.29, 1.82) is 0 Å². The summed E-state index contributed by atoms with van der Waals surface area (Å²) < 4.78 is 5.50. The third-order valence-electron chi connectivity index (χ3n) is 4.62. The highest BCUT2D eigenvalue weighted by Gasteiger charge is 2.33. The lowest BCUT2D eigenvalue weighted by molar-refractivity contribution is -0.139. The number of aromatic nitrogens is 2. The summed E-state index contributed by atoms with van der Waals surface area (Å²) >= 11 is 0. The van der Waals surface area contributed by atoms with Crippen molar-refractivity contribution in [1.82, 2.24) is 15.0 Å². The fourth-order valence-electron chi connectivity index (χ4n) is 3.22. The van der Waals surface area contributed by atoms with Crippen molar-refractivity contribution >= 4 is 5.91 Å². The van der Waals surface area contributed by atoms with Crippen LogP contribution in [0, 0.1) is 5.92 Å². The molecule has 1 aliphatic rings. The molecule has 0 saturated carbocycles. The monoisotopic (exact) mass is 343 g/mol. The third kappa shape index (κ3) is 3.90. The Morgan fingerprint density at radius 1 is 1.32 bits per heavy atom. The maximum Gasteiger partial charge on any atom is 0.249 e. The Balaban J connectivity index is 1.80. The number of amides is 1. The molecule has 1 unspecified atom stereocenters. The van der Waals surface area contributed by atoms with E-state index in [1.165, 1.54) is 0 Å². The summed E-state index contributed by atoms with van der Waals surface area (Å²) in [4.78, 5) is 18.9. The van der Waals surface area contributed by atoms with Crippen LogP contribution in [0.4, 0.5) is 0 Å². The molecule has 1 N–H and O–H groups in total. The van der Waals surface area contributed by atoms with Crippen LogP contribution < -0.4 is 0 Å². The zero-order valence-corrected chi connectivity index (χ0v) is 14.8. The molecular weight excluding hydrogens is 318 g/mol. The van der Waals surface area contributed by atoms with E-state index < -0.39 is 0 Å². The second-order valence-corrected chi connectivity index (χ2v) is 6.82. The largest absolute Gasteiger partial charge is 0.396 e. The highest BCUT2D eigenvalue weighted by atomic mass is 16.5. The predicted molar refractivity (Wildman–Crippen MR) is 93.7 cm³/mol. The van der Waals surface area contributed by atoms with Crippen molar-refractivity contribution in [3.05, 3.63) is 35.7 Å². The number of benzene rings is 1. The van der Waals surface area contributed by atoms with E-state index in [1.807, 2.05) is 43.0 Å². The van der Waals surface area contributed by atoms with Crippen molar-refractivity contribution in [2.24, 2.45) is 5.92 Å². The Hall–Kier alpha value is -2.21. The van der Waals surface area contributed by atoms with Gasteiger partial charge >= 0.3 is 0 Å². The summed E-state index contributed by atoms with van der Waals surface area (Å²) in [6, 6.07) is 7.64. The van der Waals surface area contributed by atoms with Crippen LogP contribution in [-0.2, 0) is 11.2 Å². The smallest absolute Gasteiger partial charge is 0.249 e. The Morgan fingerprint density at radius 2 is 2.08 bits per heavy atom. The summed E-state index contributed by atoms with van der Waals surface area (Å²) in [5.74, 6) is 1.15. The minimum absolute atomic E-state index is 0.0398. The van der Waals surface area contributed by atoms with Gasteiger partial charge in [0, 0.05) is 24.6 Å². The van der Waals surface area contributed by atoms with Crippen LogP contribution in [0.3, 0.4) is 0 Å². The van der Waals surface area contributed by atoms with Crippen LogP contribution in [0.25, 0.3) is 11.4 Å². The molecule has 1 aromatic carbocycles. The van der Waals surface area contributed by atoms with E-state index in [0.29, 0.717) is 18.1 Å². The topological polar surface area (TPSA) is 79.5 Å². The first kappa shape index (κ1) is 17.6. The van der Waals surface area contributed by atoms with Gasteiger partial charge in [0.2, 0.25) is 17.6 Å². The first-order valence-electron chi connectivity index (χ1n) is 8.94. The number of nitrogens with zero attached hydrogens (tertiary/aromatic N) is 3. The molecule has 1 amide bonds. The first-order valence-corrected chi connectivity index (χ1v) is 8.94. The van der Waals surface area contributed by atoms with E-state index in [0.717, 1.165) is 36.9 Å². The number of likely N-dealkylation sites (tertiary alicyclic amines) is 1. The Labute approximate surface area is 147 Å². The summed E-state index contributed by atoms with van der Waals surface area (Å²) in [6.45, 7) is 4.71. The quantitative estimate of drug-likeness (QED) is 0.903. The van der Waals surface area contributed by atoms with Crippen molar-refractivity contribution in [3.63, 3.8) is 0 Å². The molecule has 25 heavy (non-hydrogen) atoms. The van der Waals surface area contributed by atoms with Gasteiger partial charge in [-0.15, -0.1) is 0 Å². The molecule has 1 fully saturated rings. The molecule has 6 heteroatoms. The van der Waals surface area contributed by atoms with Gasteiger partial charge in [-0.1, -0.05) is 43.3 Å². The molecule has 0 bridgehead atoms. The van der Waals surface area contributed by atoms with Crippen LogP contribution in [0.15, 0.2) is 28.8 Å². The average Bonchev–Trinajstić information content (AvgIpc) is 3.12. The number of aliphatic hydroxyl groups is 1. The van der Waals surface area contributed by atoms with Gasteiger partial charge in [0.1, 0.15) is 6.04 Å². The number of rotatable bonds is 5. The fourth-order valence-corrected chi connectivity index (χ4v) is 3.22. The summed E-state index contributed by atoms with van der Waals surface area (Å²) in [5.41, 5.74) is 1.94. The van der Waals surface area contributed by atoms with Gasteiger partial charge in [0.25, 0.3) is 0 Å². The molecule has 1 aromatic heterocycles. The van der Waals surface area contributed by atoms with Crippen molar-refractivity contribution < 1.29 is 14.4 Å². The Bertz CT molecular complexity index is 709. The first-order chi connectivity index (χ1) is 12.1. The van der Waals surface area contributed by atoms with Gasteiger partial charge in [-0.3, -0.25) is 4.79 Å². The Kier molecular flexibility index (Phi) is 5.48. The van der Waals surface area contributed by atoms with Gasteiger partial charge in [-0.25, -0.2) is 0 Å². The second kappa shape index (κ2) is 7.78.